The van der Waals surface area contributed by atoms with E-state index in [4.69, 9.17) is 9.47 Å². The molecule has 0 aliphatic carbocycles. The summed E-state index contributed by atoms with van der Waals surface area (Å²) in [6.45, 7) is 10.2. The molecule has 0 heterocycles. The van der Waals surface area contributed by atoms with Gasteiger partial charge < -0.3 is 19.5 Å². The summed E-state index contributed by atoms with van der Waals surface area (Å²) in [4.78, 5) is 27.0. The van der Waals surface area contributed by atoms with Gasteiger partial charge in [0, 0.05) is 19.4 Å². The zero-order valence-electron chi connectivity index (χ0n) is 33.5. The predicted molar refractivity (Wildman–Crippen MR) is 214 cm³/mol. The average molecular weight is 706 g/mol. The number of nitrogens with zero attached hydrogens (tertiary/aromatic N) is 1. The molecule has 0 aromatic carbocycles. The Bertz CT molecular complexity index is 760. The number of hydrogen-bond acceptors (Lipinski definition) is 6. The van der Waals surface area contributed by atoms with E-state index in [9.17, 15) is 14.7 Å². The van der Waals surface area contributed by atoms with Gasteiger partial charge in [-0.3, -0.25) is 9.59 Å². The van der Waals surface area contributed by atoms with Gasteiger partial charge in [0.25, 0.3) is 0 Å². The van der Waals surface area contributed by atoms with Crippen LogP contribution in [0.5, 0.6) is 0 Å². The molecule has 0 aliphatic heterocycles. The monoisotopic (exact) mass is 706 g/mol. The molecule has 0 atom stereocenters. The number of unbranched alkanes of at least 4 members (excludes halogenated alkanes) is 18. The third-order valence-electron chi connectivity index (χ3n) is 9.53. The Morgan fingerprint density at radius 3 is 1.48 bits per heavy atom. The van der Waals surface area contributed by atoms with Gasteiger partial charge in [-0.15, -0.1) is 0 Å². The quantitative estimate of drug-likeness (QED) is 0.0390. The largest absolute Gasteiger partial charge is 0.466 e. The first-order valence-corrected chi connectivity index (χ1v) is 21.6. The first-order chi connectivity index (χ1) is 24.6. The molecule has 0 radical (unpaired) electrons. The lowest BCUT2D eigenvalue weighted by molar-refractivity contribution is -0.150. The fraction of sp³-hybridized carbons (Fsp3) is 0.864. The summed E-state index contributed by atoms with van der Waals surface area (Å²) in [5.74, 6) is -0.0696. The third kappa shape index (κ3) is 36.1. The van der Waals surface area contributed by atoms with Crippen LogP contribution in [0.3, 0.4) is 0 Å². The van der Waals surface area contributed by atoms with Crippen molar-refractivity contribution in [1.29, 1.82) is 0 Å². The van der Waals surface area contributed by atoms with Crippen molar-refractivity contribution in [2.45, 2.75) is 213 Å². The predicted octanol–water partition coefficient (Wildman–Crippen LogP) is 12.2. The molecule has 50 heavy (non-hydrogen) atoms. The Kier molecular flexibility index (Phi) is 38.8. The molecule has 0 spiro atoms. The molecule has 0 amide bonds. The molecule has 0 saturated carbocycles. The molecule has 6 heteroatoms. The van der Waals surface area contributed by atoms with Crippen molar-refractivity contribution in [3.8, 4) is 0 Å². The van der Waals surface area contributed by atoms with Crippen molar-refractivity contribution in [2.75, 3.05) is 32.8 Å². The minimum absolute atomic E-state index is 0.0137. The molecule has 0 fully saturated rings. The van der Waals surface area contributed by atoms with E-state index in [1.807, 2.05) is 0 Å². The van der Waals surface area contributed by atoms with E-state index < -0.39 is 0 Å². The van der Waals surface area contributed by atoms with E-state index in [2.05, 4.69) is 50.0 Å². The summed E-state index contributed by atoms with van der Waals surface area (Å²) in [6.07, 6.45) is 40.6. The van der Waals surface area contributed by atoms with Crippen LogP contribution in [0.1, 0.15) is 207 Å². The fourth-order valence-corrected chi connectivity index (χ4v) is 6.25. The summed E-state index contributed by atoms with van der Waals surface area (Å²) in [5, 5.41) is 9.53. The highest BCUT2D eigenvalue weighted by atomic mass is 16.5. The second-order valence-corrected chi connectivity index (χ2v) is 14.4. The number of aliphatic hydroxyl groups excluding tert-OH is 1. The second-order valence-electron chi connectivity index (χ2n) is 14.4. The molecule has 0 aromatic rings. The number of carbonyl (C=O) groups is 2. The Labute approximate surface area is 310 Å². The topological polar surface area (TPSA) is 76.1 Å². The van der Waals surface area contributed by atoms with Crippen molar-refractivity contribution in [1.82, 2.24) is 4.90 Å². The van der Waals surface area contributed by atoms with Crippen LogP contribution in [0.15, 0.2) is 24.3 Å². The number of rotatable bonds is 39. The summed E-state index contributed by atoms with van der Waals surface area (Å²) in [6, 6.07) is 0. The number of allylic oxidation sites excluding steroid dienone is 4. The van der Waals surface area contributed by atoms with Crippen LogP contribution in [0.25, 0.3) is 0 Å². The maximum atomic E-state index is 12.6. The van der Waals surface area contributed by atoms with Crippen molar-refractivity contribution < 1.29 is 24.2 Å². The molecule has 0 saturated heterocycles. The van der Waals surface area contributed by atoms with Crippen LogP contribution in [-0.4, -0.2) is 60.9 Å². The van der Waals surface area contributed by atoms with Gasteiger partial charge in [-0.1, -0.05) is 148 Å². The first kappa shape index (κ1) is 48.3. The molecule has 6 nitrogen and oxygen atoms in total. The highest BCUT2D eigenvalue weighted by Gasteiger charge is 2.13. The number of esters is 2. The van der Waals surface area contributed by atoms with Crippen LogP contribution in [-0.2, 0) is 19.1 Å². The molecule has 0 unspecified atom stereocenters. The molecule has 1 N–H and O–H groups in total. The van der Waals surface area contributed by atoms with Gasteiger partial charge in [0.2, 0.25) is 0 Å². The van der Waals surface area contributed by atoms with Crippen LogP contribution in [0, 0.1) is 0 Å². The van der Waals surface area contributed by atoms with Crippen molar-refractivity contribution >= 4 is 11.9 Å². The van der Waals surface area contributed by atoms with Crippen LogP contribution < -0.4 is 0 Å². The van der Waals surface area contributed by atoms with E-state index in [0.717, 1.165) is 129 Å². The average Bonchev–Trinajstić information content (AvgIpc) is 3.11. The minimum atomic E-state index is -0.0352. The van der Waals surface area contributed by atoms with Crippen molar-refractivity contribution in [2.24, 2.45) is 0 Å². The molecule has 0 aliphatic rings. The van der Waals surface area contributed by atoms with E-state index in [1.165, 1.54) is 64.2 Å². The number of carbonyl (C=O) groups excluding carboxylic acids is 2. The molecular weight excluding hydrogens is 622 g/mol. The SMILES string of the molecule is CCCC/C=C\CCC(CC/C=C\CCCC)OC(=O)CCCCCCCN(CCO)CCCCCCCC(=O)OCCCCCCCCC. The highest BCUT2D eigenvalue weighted by molar-refractivity contribution is 5.69. The summed E-state index contributed by atoms with van der Waals surface area (Å²) < 4.78 is 11.3. The highest BCUT2D eigenvalue weighted by Crippen LogP contribution is 2.15. The van der Waals surface area contributed by atoms with Crippen LogP contribution in [0.2, 0.25) is 0 Å². The van der Waals surface area contributed by atoms with E-state index in [-0.39, 0.29) is 24.6 Å². The molecule has 0 bridgehead atoms. The minimum Gasteiger partial charge on any atom is -0.466 e. The Hall–Kier alpha value is -1.66. The van der Waals surface area contributed by atoms with Gasteiger partial charge >= 0.3 is 11.9 Å². The Morgan fingerprint density at radius 2 is 0.960 bits per heavy atom. The van der Waals surface area contributed by atoms with Gasteiger partial charge in [0.1, 0.15) is 6.10 Å². The second kappa shape index (κ2) is 40.1. The molecule has 0 aromatic heterocycles. The van der Waals surface area contributed by atoms with E-state index in [0.29, 0.717) is 19.4 Å². The van der Waals surface area contributed by atoms with Crippen LogP contribution in [0.4, 0.5) is 0 Å². The standard InChI is InChI=1S/C44H83NO5/c1-4-7-10-13-16-25-32-41-49-43(47)35-28-21-17-23-30-37-45(39-40-46)38-31-24-18-22-29-36-44(48)50-42(33-26-19-14-11-8-5-2)34-27-20-15-12-9-6-3/h14-15,19-20,42,46H,4-13,16-18,21-41H2,1-3H3/b19-14-,20-15-. The number of hydrogen-bond donors (Lipinski definition) is 1. The molecular formula is C44H83NO5. The Balaban J connectivity index is 3.99. The first-order valence-electron chi connectivity index (χ1n) is 21.6. The van der Waals surface area contributed by atoms with E-state index in [1.54, 1.807) is 0 Å². The normalized spacial score (nSPS) is 11.9. The maximum Gasteiger partial charge on any atom is 0.306 e. The summed E-state index contributed by atoms with van der Waals surface area (Å²) in [5.41, 5.74) is 0. The molecule has 294 valence electrons. The maximum absolute atomic E-state index is 12.6. The Morgan fingerprint density at radius 1 is 0.520 bits per heavy atom. The lowest BCUT2D eigenvalue weighted by atomic mass is 10.1. The van der Waals surface area contributed by atoms with Gasteiger partial charge in [-0.25, -0.2) is 0 Å². The summed E-state index contributed by atoms with van der Waals surface area (Å²) in [7, 11) is 0. The van der Waals surface area contributed by atoms with Gasteiger partial charge in [0.15, 0.2) is 0 Å². The molecule has 0 rings (SSSR count). The zero-order valence-corrected chi connectivity index (χ0v) is 33.5. The van der Waals surface area contributed by atoms with Crippen molar-refractivity contribution in [3.05, 3.63) is 24.3 Å². The van der Waals surface area contributed by atoms with Crippen molar-refractivity contribution in [3.63, 3.8) is 0 Å². The lowest BCUT2D eigenvalue weighted by Crippen LogP contribution is -2.29. The van der Waals surface area contributed by atoms with E-state index >= 15 is 0 Å². The van der Waals surface area contributed by atoms with Gasteiger partial charge in [-0.05, 0) is 83.7 Å². The van der Waals surface area contributed by atoms with Gasteiger partial charge in [0.05, 0.1) is 13.2 Å². The summed E-state index contributed by atoms with van der Waals surface area (Å²) >= 11 is 0. The van der Waals surface area contributed by atoms with Crippen LogP contribution >= 0.6 is 0 Å². The smallest absolute Gasteiger partial charge is 0.306 e. The number of ether oxygens (including phenoxy) is 2. The lowest BCUT2D eigenvalue weighted by Gasteiger charge is -2.21. The fourth-order valence-electron chi connectivity index (χ4n) is 6.25. The zero-order chi connectivity index (χ0) is 36.6. The van der Waals surface area contributed by atoms with Gasteiger partial charge in [-0.2, -0.15) is 0 Å². The number of aliphatic hydroxyl groups is 1. The third-order valence-corrected chi connectivity index (χ3v) is 9.53.